The fourth-order valence-electron chi connectivity index (χ4n) is 0.698. The molecule has 5 heteroatoms. The third kappa shape index (κ3) is 2.89. The molecule has 0 amide bonds. The number of rotatable bonds is 5. The third-order valence-corrected chi connectivity index (χ3v) is 1.20. The molecule has 1 aromatic heterocycles. The molecule has 0 bridgehead atoms. The van der Waals surface area contributed by atoms with Gasteiger partial charge in [0.05, 0.1) is 0 Å². The second-order valence-corrected chi connectivity index (χ2v) is 2.27. The van der Waals surface area contributed by atoms with E-state index in [2.05, 4.69) is 16.0 Å². The van der Waals surface area contributed by atoms with Crippen molar-refractivity contribution in [2.75, 3.05) is 13.3 Å². The summed E-state index contributed by atoms with van der Waals surface area (Å²) in [6.45, 7) is 5.03. The lowest BCUT2D eigenvalue weighted by molar-refractivity contribution is 0.237. The van der Waals surface area contributed by atoms with Crippen LogP contribution < -0.4 is 15.6 Å². The zero-order valence-corrected chi connectivity index (χ0v) is 7.26. The SMILES string of the molecule is CCNNCOc1cc(C)on1. The van der Waals surface area contributed by atoms with Crippen molar-refractivity contribution in [3.05, 3.63) is 11.8 Å². The maximum Gasteiger partial charge on any atom is 0.255 e. The van der Waals surface area contributed by atoms with Crippen LogP contribution in [0.2, 0.25) is 0 Å². The van der Waals surface area contributed by atoms with Gasteiger partial charge >= 0.3 is 0 Å². The number of aryl methyl sites for hydroxylation is 1. The molecule has 0 saturated carbocycles. The molecule has 2 N–H and O–H groups in total. The van der Waals surface area contributed by atoms with Crippen LogP contribution in [0.25, 0.3) is 0 Å². The molecule has 0 saturated heterocycles. The Kier molecular flexibility index (Phi) is 3.56. The van der Waals surface area contributed by atoms with Crippen molar-refractivity contribution in [1.82, 2.24) is 16.0 Å². The van der Waals surface area contributed by atoms with Gasteiger partial charge < -0.3 is 9.26 Å². The van der Waals surface area contributed by atoms with E-state index in [1.54, 1.807) is 6.07 Å². The van der Waals surface area contributed by atoms with Gasteiger partial charge in [0.15, 0.2) is 6.73 Å². The highest BCUT2D eigenvalue weighted by Gasteiger charge is 1.98. The highest BCUT2D eigenvalue weighted by molar-refractivity contribution is 5.08. The van der Waals surface area contributed by atoms with E-state index < -0.39 is 0 Å². The van der Waals surface area contributed by atoms with E-state index >= 15 is 0 Å². The van der Waals surface area contributed by atoms with Crippen molar-refractivity contribution in [2.45, 2.75) is 13.8 Å². The molecule has 5 nitrogen and oxygen atoms in total. The van der Waals surface area contributed by atoms with Gasteiger partial charge in [0.25, 0.3) is 5.88 Å². The van der Waals surface area contributed by atoms with Crippen molar-refractivity contribution in [3.8, 4) is 5.88 Å². The average molecular weight is 171 g/mol. The van der Waals surface area contributed by atoms with Crippen LogP contribution in [0.15, 0.2) is 10.6 Å². The van der Waals surface area contributed by atoms with Crippen LogP contribution in [-0.2, 0) is 0 Å². The first-order valence-electron chi connectivity index (χ1n) is 3.84. The maximum absolute atomic E-state index is 5.15. The van der Waals surface area contributed by atoms with Gasteiger partial charge in [0.1, 0.15) is 5.76 Å². The van der Waals surface area contributed by atoms with E-state index in [4.69, 9.17) is 9.26 Å². The summed E-state index contributed by atoms with van der Waals surface area (Å²) >= 11 is 0. The normalized spacial score (nSPS) is 10.2. The number of nitrogens with one attached hydrogen (secondary N) is 2. The van der Waals surface area contributed by atoms with Crippen LogP contribution in [0.4, 0.5) is 0 Å². The van der Waals surface area contributed by atoms with Crippen LogP contribution in [0.3, 0.4) is 0 Å². The lowest BCUT2D eigenvalue weighted by Crippen LogP contribution is -2.34. The molecule has 0 unspecified atom stereocenters. The number of aromatic nitrogens is 1. The Labute approximate surface area is 71.0 Å². The Balaban J connectivity index is 2.15. The summed E-state index contributed by atoms with van der Waals surface area (Å²) in [5, 5.41) is 3.65. The van der Waals surface area contributed by atoms with Crippen molar-refractivity contribution < 1.29 is 9.26 Å². The third-order valence-electron chi connectivity index (χ3n) is 1.20. The molecule has 0 atom stereocenters. The zero-order chi connectivity index (χ0) is 8.81. The number of hydrogen-bond donors (Lipinski definition) is 2. The molecule has 0 aromatic carbocycles. The smallest absolute Gasteiger partial charge is 0.255 e. The van der Waals surface area contributed by atoms with Gasteiger partial charge in [-0.1, -0.05) is 6.92 Å². The minimum Gasteiger partial charge on any atom is -0.458 e. The summed E-state index contributed by atoms with van der Waals surface area (Å²) < 4.78 is 9.95. The average Bonchev–Trinajstić information content (AvgIpc) is 2.45. The highest BCUT2D eigenvalue weighted by Crippen LogP contribution is 2.08. The summed E-state index contributed by atoms with van der Waals surface area (Å²) in [4.78, 5) is 0. The van der Waals surface area contributed by atoms with Gasteiger partial charge in [-0.3, -0.25) is 5.43 Å². The predicted octanol–water partition coefficient (Wildman–Crippen LogP) is 0.433. The minimum absolute atomic E-state index is 0.375. The Morgan fingerprint density at radius 2 is 2.42 bits per heavy atom. The van der Waals surface area contributed by atoms with Crippen molar-refractivity contribution in [1.29, 1.82) is 0 Å². The van der Waals surface area contributed by atoms with Gasteiger partial charge in [-0.15, -0.1) is 0 Å². The van der Waals surface area contributed by atoms with E-state index in [-0.39, 0.29) is 0 Å². The van der Waals surface area contributed by atoms with E-state index in [0.29, 0.717) is 12.6 Å². The first kappa shape index (κ1) is 9.02. The van der Waals surface area contributed by atoms with Crippen LogP contribution in [0, 0.1) is 6.92 Å². The molecule has 1 heterocycles. The molecule has 0 aliphatic rings. The lowest BCUT2D eigenvalue weighted by atomic mass is 10.5. The summed E-state index contributed by atoms with van der Waals surface area (Å²) in [5.74, 6) is 1.24. The molecule has 12 heavy (non-hydrogen) atoms. The zero-order valence-electron chi connectivity index (χ0n) is 7.26. The van der Waals surface area contributed by atoms with Crippen molar-refractivity contribution in [3.63, 3.8) is 0 Å². The van der Waals surface area contributed by atoms with Gasteiger partial charge in [-0.05, 0) is 12.1 Å². The van der Waals surface area contributed by atoms with Crippen LogP contribution >= 0.6 is 0 Å². The van der Waals surface area contributed by atoms with E-state index in [1.165, 1.54) is 0 Å². The Morgan fingerprint density at radius 1 is 1.58 bits per heavy atom. The second-order valence-electron chi connectivity index (χ2n) is 2.27. The summed E-state index contributed by atoms with van der Waals surface area (Å²) in [6, 6.07) is 1.73. The van der Waals surface area contributed by atoms with Gasteiger partial charge in [-0.2, -0.15) is 0 Å². The molecule has 68 valence electrons. The fourth-order valence-corrected chi connectivity index (χ4v) is 0.698. The van der Waals surface area contributed by atoms with E-state index in [9.17, 15) is 0 Å². The molecule has 0 spiro atoms. The molecule has 1 aromatic rings. The molecule has 0 fully saturated rings. The fraction of sp³-hybridized carbons (Fsp3) is 0.571. The van der Waals surface area contributed by atoms with E-state index in [1.807, 2.05) is 13.8 Å². The summed E-state index contributed by atoms with van der Waals surface area (Å²) in [6.07, 6.45) is 0. The number of hydrogen-bond acceptors (Lipinski definition) is 5. The van der Waals surface area contributed by atoms with Crippen LogP contribution in [0.5, 0.6) is 5.88 Å². The minimum atomic E-state index is 0.375. The van der Waals surface area contributed by atoms with Gasteiger partial charge in [0, 0.05) is 12.6 Å². The Morgan fingerprint density at radius 3 is 3.00 bits per heavy atom. The molecule has 0 aliphatic carbocycles. The summed E-state index contributed by atoms with van der Waals surface area (Å²) in [5.41, 5.74) is 5.73. The lowest BCUT2D eigenvalue weighted by Gasteiger charge is -2.03. The maximum atomic E-state index is 5.15. The summed E-state index contributed by atoms with van der Waals surface area (Å²) in [7, 11) is 0. The number of hydrazine groups is 1. The second kappa shape index (κ2) is 4.74. The van der Waals surface area contributed by atoms with Crippen molar-refractivity contribution >= 4 is 0 Å². The predicted molar refractivity (Wildman–Crippen MR) is 43.5 cm³/mol. The topological polar surface area (TPSA) is 59.3 Å². The Bertz CT molecular complexity index is 224. The van der Waals surface area contributed by atoms with E-state index in [0.717, 1.165) is 12.3 Å². The molecule has 0 aliphatic heterocycles. The van der Waals surface area contributed by atoms with Gasteiger partial charge in [-0.25, -0.2) is 5.43 Å². The largest absolute Gasteiger partial charge is 0.458 e. The Hall–Kier alpha value is -1.07. The highest BCUT2D eigenvalue weighted by atomic mass is 16.5. The van der Waals surface area contributed by atoms with Crippen molar-refractivity contribution in [2.24, 2.45) is 0 Å². The van der Waals surface area contributed by atoms with Crippen LogP contribution in [-0.4, -0.2) is 18.4 Å². The van der Waals surface area contributed by atoms with Gasteiger partial charge in [0.2, 0.25) is 0 Å². The number of nitrogens with zero attached hydrogens (tertiary/aromatic N) is 1. The van der Waals surface area contributed by atoms with Crippen LogP contribution in [0.1, 0.15) is 12.7 Å². The standard InChI is InChI=1S/C7H13N3O2/c1-3-8-9-5-11-7-4-6(2)12-10-7/h4,8-9H,3,5H2,1-2H3. The molecule has 1 rings (SSSR count). The molecular weight excluding hydrogens is 158 g/mol. The monoisotopic (exact) mass is 171 g/mol. The molecular formula is C7H13N3O2. The molecule has 0 radical (unpaired) electrons. The first-order chi connectivity index (χ1) is 5.83. The number of ether oxygens (including phenoxy) is 1. The first-order valence-corrected chi connectivity index (χ1v) is 3.84. The quantitative estimate of drug-likeness (QED) is 0.382.